The fourth-order valence-corrected chi connectivity index (χ4v) is 3.35. The summed E-state index contributed by atoms with van der Waals surface area (Å²) in [5, 5.41) is 0. The fourth-order valence-electron chi connectivity index (χ4n) is 3.35. The van der Waals surface area contributed by atoms with Crippen molar-refractivity contribution >= 4 is 11.6 Å². The number of piperazine rings is 1. The molecule has 1 aromatic heterocycles. The molecule has 1 N–H and O–H groups in total. The molecule has 4 rings (SSSR count). The van der Waals surface area contributed by atoms with Gasteiger partial charge in [0.1, 0.15) is 11.6 Å². The molecule has 0 aliphatic carbocycles. The van der Waals surface area contributed by atoms with Gasteiger partial charge in [-0.1, -0.05) is 6.07 Å². The van der Waals surface area contributed by atoms with Crippen LogP contribution in [-0.2, 0) is 0 Å². The zero-order chi connectivity index (χ0) is 19.5. The SMILES string of the molecule is COc1cccc(N2CCN(c3nc(-c4ccc(F)cc4)cc(=O)[nH]3)CC2)c1. The number of anilines is 2. The summed E-state index contributed by atoms with van der Waals surface area (Å²) in [5.74, 6) is 1.05. The van der Waals surface area contributed by atoms with Crippen molar-refractivity contribution in [2.75, 3.05) is 43.1 Å². The van der Waals surface area contributed by atoms with E-state index < -0.39 is 0 Å². The van der Waals surface area contributed by atoms with Crippen LogP contribution in [0.15, 0.2) is 59.4 Å². The maximum atomic E-state index is 13.2. The van der Waals surface area contributed by atoms with Gasteiger partial charge in [0, 0.05) is 49.6 Å². The van der Waals surface area contributed by atoms with Crippen LogP contribution in [0.4, 0.5) is 16.0 Å². The quantitative estimate of drug-likeness (QED) is 0.754. The van der Waals surface area contributed by atoms with Gasteiger partial charge in [-0.25, -0.2) is 9.37 Å². The number of H-pyrrole nitrogens is 1. The van der Waals surface area contributed by atoms with Crippen LogP contribution in [0.5, 0.6) is 5.75 Å². The summed E-state index contributed by atoms with van der Waals surface area (Å²) in [6.45, 7) is 3.06. The Morgan fingerprint density at radius 2 is 1.71 bits per heavy atom. The lowest BCUT2D eigenvalue weighted by atomic mass is 10.1. The van der Waals surface area contributed by atoms with Gasteiger partial charge in [0.25, 0.3) is 5.56 Å². The predicted molar refractivity (Wildman–Crippen MR) is 108 cm³/mol. The molecule has 1 aliphatic heterocycles. The highest BCUT2D eigenvalue weighted by atomic mass is 19.1. The van der Waals surface area contributed by atoms with Crippen LogP contribution in [-0.4, -0.2) is 43.3 Å². The average Bonchev–Trinajstić information content (AvgIpc) is 2.74. The highest BCUT2D eigenvalue weighted by Gasteiger charge is 2.20. The molecule has 0 atom stereocenters. The average molecular weight is 380 g/mol. The topological polar surface area (TPSA) is 61.5 Å². The van der Waals surface area contributed by atoms with Gasteiger partial charge in [-0.2, -0.15) is 0 Å². The van der Waals surface area contributed by atoms with Crippen molar-refractivity contribution in [3.05, 3.63) is 70.8 Å². The molecule has 0 unspecified atom stereocenters. The highest BCUT2D eigenvalue weighted by molar-refractivity contribution is 5.60. The molecule has 28 heavy (non-hydrogen) atoms. The van der Waals surface area contributed by atoms with Gasteiger partial charge in [0.2, 0.25) is 5.95 Å². The van der Waals surface area contributed by atoms with Gasteiger partial charge < -0.3 is 14.5 Å². The smallest absolute Gasteiger partial charge is 0.252 e. The van der Waals surface area contributed by atoms with E-state index in [1.165, 1.54) is 18.2 Å². The monoisotopic (exact) mass is 380 g/mol. The standard InChI is InChI=1S/C21H21FN4O2/c1-28-18-4-2-3-17(13-18)25-9-11-26(12-10-25)21-23-19(14-20(27)24-21)15-5-7-16(22)8-6-15/h2-8,13-14H,9-12H2,1H3,(H,23,24,27). The number of benzene rings is 2. The second-order valence-corrected chi connectivity index (χ2v) is 6.64. The Morgan fingerprint density at radius 3 is 2.43 bits per heavy atom. The first-order chi connectivity index (χ1) is 13.6. The van der Waals surface area contributed by atoms with Gasteiger partial charge in [0.15, 0.2) is 0 Å². The maximum Gasteiger partial charge on any atom is 0.252 e. The molecule has 1 fully saturated rings. The van der Waals surface area contributed by atoms with Crippen molar-refractivity contribution in [1.82, 2.24) is 9.97 Å². The summed E-state index contributed by atoms with van der Waals surface area (Å²) in [6.07, 6.45) is 0. The number of hydrogen-bond donors (Lipinski definition) is 1. The van der Waals surface area contributed by atoms with Crippen LogP contribution in [0.25, 0.3) is 11.3 Å². The molecule has 7 heteroatoms. The lowest BCUT2D eigenvalue weighted by molar-refractivity contribution is 0.414. The molecule has 3 aromatic rings. The number of nitrogens with one attached hydrogen (secondary N) is 1. The fraction of sp³-hybridized carbons (Fsp3) is 0.238. The summed E-state index contributed by atoms with van der Waals surface area (Å²) >= 11 is 0. The normalized spacial score (nSPS) is 14.2. The van der Waals surface area contributed by atoms with Crippen LogP contribution in [0.1, 0.15) is 0 Å². The zero-order valence-corrected chi connectivity index (χ0v) is 15.6. The van der Waals surface area contributed by atoms with E-state index in [0.717, 1.165) is 37.6 Å². The van der Waals surface area contributed by atoms with Gasteiger partial charge in [-0.15, -0.1) is 0 Å². The first-order valence-corrected chi connectivity index (χ1v) is 9.13. The summed E-state index contributed by atoms with van der Waals surface area (Å²) in [4.78, 5) is 23.9. The Kier molecular flexibility index (Phi) is 4.97. The second kappa shape index (κ2) is 7.72. The molecule has 1 aliphatic rings. The van der Waals surface area contributed by atoms with Crippen molar-refractivity contribution in [2.24, 2.45) is 0 Å². The molecule has 0 radical (unpaired) electrons. The molecule has 1 saturated heterocycles. The van der Waals surface area contributed by atoms with Crippen molar-refractivity contribution in [3.63, 3.8) is 0 Å². The van der Waals surface area contributed by atoms with Gasteiger partial charge in [0.05, 0.1) is 12.8 Å². The van der Waals surface area contributed by atoms with Gasteiger partial charge >= 0.3 is 0 Å². The Hall–Kier alpha value is -3.35. The first-order valence-electron chi connectivity index (χ1n) is 9.13. The van der Waals surface area contributed by atoms with Gasteiger partial charge in [-0.05, 0) is 36.4 Å². The molecule has 0 spiro atoms. The molecular formula is C21H21FN4O2. The molecule has 2 heterocycles. The van der Waals surface area contributed by atoms with Crippen molar-refractivity contribution in [3.8, 4) is 17.0 Å². The third-order valence-corrected chi connectivity index (χ3v) is 4.87. The molecule has 2 aromatic carbocycles. The molecule has 6 nitrogen and oxygen atoms in total. The van der Waals surface area contributed by atoms with E-state index in [1.807, 2.05) is 18.2 Å². The van der Waals surface area contributed by atoms with Crippen LogP contribution in [0.3, 0.4) is 0 Å². The molecular weight excluding hydrogens is 359 g/mol. The van der Waals surface area contributed by atoms with Gasteiger partial charge in [-0.3, -0.25) is 9.78 Å². The highest BCUT2D eigenvalue weighted by Crippen LogP contribution is 2.23. The number of nitrogens with zero attached hydrogens (tertiary/aromatic N) is 3. The van der Waals surface area contributed by atoms with E-state index in [4.69, 9.17) is 4.74 Å². The number of ether oxygens (including phenoxy) is 1. The summed E-state index contributed by atoms with van der Waals surface area (Å²) < 4.78 is 18.5. The molecule has 0 amide bonds. The van der Waals surface area contributed by atoms with E-state index in [2.05, 4.69) is 25.8 Å². The lowest BCUT2D eigenvalue weighted by Crippen LogP contribution is -2.47. The minimum Gasteiger partial charge on any atom is -0.497 e. The van der Waals surface area contributed by atoms with E-state index in [9.17, 15) is 9.18 Å². The van der Waals surface area contributed by atoms with E-state index >= 15 is 0 Å². The Morgan fingerprint density at radius 1 is 1.00 bits per heavy atom. The van der Waals surface area contributed by atoms with Crippen molar-refractivity contribution in [1.29, 1.82) is 0 Å². The minimum atomic E-state index is -0.317. The first kappa shape index (κ1) is 18.0. The lowest BCUT2D eigenvalue weighted by Gasteiger charge is -2.36. The van der Waals surface area contributed by atoms with E-state index in [1.54, 1.807) is 19.2 Å². The molecule has 0 saturated carbocycles. The largest absolute Gasteiger partial charge is 0.497 e. The Labute approximate surface area is 162 Å². The van der Waals surface area contributed by atoms with Crippen LogP contribution in [0, 0.1) is 5.82 Å². The predicted octanol–water partition coefficient (Wildman–Crippen LogP) is 2.91. The summed E-state index contributed by atoms with van der Waals surface area (Å²) in [7, 11) is 1.66. The van der Waals surface area contributed by atoms with Crippen LogP contribution in [0.2, 0.25) is 0 Å². The van der Waals surface area contributed by atoms with Crippen molar-refractivity contribution < 1.29 is 9.13 Å². The number of rotatable bonds is 4. The van der Waals surface area contributed by atoms with E-state index in [-0.39, 0.29) is 11.4 Å². The number of aromatic amines is 1. The zero-order valence-electron chi connectivity index (χ0n) is 15.6. The number of aromatic nitrogens is 2. The molecule has 144 valence electrons. The third kappa shape index (κ3) is 3.83. The summed E-state index contributed by atoms with van der Waals surface area (Å²) in [5.41, 5.74) is 2.14. The van der Waals surface area contributed by atoms with Crippen molar-refractivity contribution in [2.45, 2.75) is 0 Å². The maximum absolute atomic E-state index is 13.2. The van der Waals surface area contributed by atoms with E-state index in [0.29, 0.717) is 17.2 Å². The summed E-state index contributed by atoms with van der Waals surface area (Å²) in [6, 6.07) is 15.4. The van der Waals surface area contributed by atoms with Crippen LogP contribution < -0.4 is 20.1 Å². The Balaban J connectivity index is 1.51. The Bertz CT molecular complexity index is 1010. The third-order valence-electron chi connectivity index (χ3n) is 4.87. The molecule has 0 bridgehead atoms. The number of methoxy groups -OCH3 is 1. The second-order valence-electron chi connectivity index (χ2n) is 6.64. The number of halogens is 1. The number of hydrogen-bond acceptors (Lipinski definition) is 5. The minimum absolute atomic E-state index is 0.223. The van der Waals surface area contributed by atoms with Crippen LogP contribution >= 0.6 is 0 Å².